The van der Waals surface area contributed by atoms with Crippen LogP contribution in [0.5, 0.6) is 5.75 Å². The van der Waals surface area contributed by atoms with Gasteiger partial charge in [0.15, 0.2) is 5.13 Å². The summed E-state index contributed by atoms with van der Waals surface area (Å²) in [5.74, 6) is 0.665. The number of thiazole rings is 1. The normalized spacial score (nSPS) is 20.3. The first-order valence-electron chi connectivity index (χ1n) is 8.62. The highest BCUT2D eigenvalue weighted by Gasteiger charge is 2.32. The van der Waals surface area contributed by atoms with Crippen LogP contribution < -0.4 is 15.0 Å². The van der Waals surface area contributed by atoms with Gasteiger partial charge < -0.3 is 19.7 Å². The predicted octanol–water partition coefficient (Wildman–Crippen LogP) is 2.91. The molecule has 3 heterocycles. The van der Waals surface area contributed by atoms with E-state index in [1.165, 1.54) is 11.3 Å². The average molecular weight is 394 g/mol. The molecule has 1 saturated heterocycles. The second-order valence-electron chi connectivity index (χ2n) is 6.29. The maximum absolute atomic E-state index is 12.6. The van der Waals surface area contributed by atoms with Crippen LogP contribution in [0.1, 0.15) is 33.3 Å². The van der Waals surface area contributed by atoms with Crippen LogP contribution in [-0.4, -0.2) is 50.8 Å². The Hall–Kier alpha value is -1.83. The number of hydrogen-bond acceptors (Lipinski definition) is 6. The Morgan fingerprint density at radius 2 is 2.19 bits per heavy atom. The maximum atomic E-state index is 12.6. The molecule has 1 N–H and O–H groups in total. The summed E-state index contributed by atoms with van der Waals surface area (Å²) >= 11 is 7.58. The molecule has 1 unspecified atom stereocenters. The van der Waals surface area contributed by atoms with Crippen molar-refractivity contribution in [3.63, 3.8) is 0 Å². The molecule has 6 nitrogen and oxygen atoms in total. The Balaban J connectivity index is 1.77. The zero-order chi connectivity index (χ0) is 18.1. The van der Waals surface area contributed by atoms with Crippen LogP contribution in [0, 0.1) is 0 Å². The summed E-state index contributed by atoms with van der Waals surface area (Å²) in [5.41, 5.74) is 1.83. The van der Waals surface area contributed by atoms with E-state index in [0.29, 0.717) is 29.7 Å². The van der Waals surface area contributed by atoms with Crippen molar-refractivity contribution < 1.29 is 14.3 Å². The van der Waals surface area contributed by atoms with Crippen molar-refractivity contribution in [3.8, 4) is 5.75 Å². The first kappa shape index (κ1) is 17.6. The van der Waals surface area contributed by atoms with Gasteiger partial charge in [0, 0.05) is 36.1 Å². The first-order valence-corrected chi connectivity index (χ1v) is 9.82. The Labute approximate surface area is 161 Å². The number of hydrogen-bond donors (Lipinski definition) is 1. The second kappa shape index (κ2) is 7.42. The number of methoxy groups -OCH3 is 1. The van der Waals surface area contributed by atoms with Crippen LogP contribution in [0.4, 0.5) is 5.13 Å². The van der Waals surface area contributed by atoms with Gasteiger partial charge in [-0.05, 0) is 18.6 Å². The molecule has 0 bridgehead atoms. The summed E-state index contributed by atoms with van der Waals surface area (Å²) < 4.78 is 11.0. The number of aromatic nitrogens is 1. The number of carbonyl (C=O) groups is 1. The lowest BCUT2D eigenvalue weighted by molar-refractivity contribution is 0.0960. The van der Waals surface area contributed by atoms with Gasteiger partial charge in [0.2, 0.25) is 0 Å². The number of carbonyl (C=O) groups excluding carboxylic acids is 1. The molecule has 0 radical (unpaired) electrons. The lowest BCUT2D eigenvalue weighted by Gasteiger charge is -2.26. The monoisotopic (exact) mass is 393 g/mol. The number of rotatable bonds is 3. The zero-order valence-electron chi connectivity index (χ0n) is 14.5. The van der Waals surface area contributed by atoms with Gasteiger partial charge in [0.25, 0.3) is 5.91 Å². The number of benzene rings is 1. The van der Waals surface area contributed by atoms with Crippen molar-refractivity contribution >= 4 is 34.0 Å². The molecule has 138 valence electrons. The van der Waals surface area contributed by atoms with E-state index in [4.69, 9.17) is 26.1 Å². The third-order valence-corrected chi connectivity index (χ3v) is 6.12. The number of nitrogens with one attached hydrogen (secondary N) is 1. The van der Waals surface area contributed by atoms with Gasteiger partial charge >= 0.3 is 0 Å². The van der Waals surface area contributed by atoms with E-state index in [0.717, 1.165) is 41.6 Å². The van der Waals surface area contributed by atoms with E-state index in [9.17, 15) is 4.79 Å². The van der Waals surface area contributed by atoms with Crippen LogP contribution in [0.25, 0.3) is 0 Å². The number of halogens is 1. The number of fused-ring (bicyclic) bond motifs is 1. The Morgan fingerprint density at radius 1 is 1.38 bits per heavy atom. The van der Waals surface area contributed by atoms with Crippen LogP contribution in [0.15, 0.2) is 18.2 Å². The van der Waals surface area contributed by atoms with Gasteiger partial charge in [0.1, 0.15) is 10.6 Å². The largest absolute Gasteiger partial charge is 0.496 e. The van der Waals surface area contributed by atoms with Gasteiger partial charge in [-0.25, -0.2) is 4.98 Å². The van der Waals surface area contributed by atoms with Gasteiger partial charge in [-0.1, -0.05) is 29.0 Å². The van der Waals surface area contributed by atoms with Crippen LogP contribution >= 0.6 is 22.9 Å². The molecular weight excluding hydrogens is 374 g/mol. The summed E-state index contributed by atoms with van der Waals surface area (Å²) in [6, 6.07) is 5.64. The first-order chi connectivity index (χ1) is 12.7. The number of nitrogens with zero attached hydrogens (tertiary/aromatic N) is 2. The van der Waals surface area contributed by atoms with Crippen molar-refractivity contribution in [3.05, 3.63) is 39.4 Å². The summed E-state index contributed by atoms with van der Waals surface area (Å²) in [6.45, 7) is 3.56. The SMILES string of the molecule is COc1cc(Cl)ccc1C1CCNC(=O)c2sc(N3CCOCC3)nc21. The Morgan fingerprint density at radius 3 is 2.96 bits per heavy atom. The van der Waals surface area contributed by atoms with Crippen LogP contribution in [0.2, 0.25) is 5.02 Å². The summed E-state index contributed by atoms with van der Waals surface area (Å²) in [6.07, 6.45) is 0.767. The van der Waals surface area contributed by atoms with E-state index < -0.39 is 0 Å². The van der Waals surface area contributed by atoms with E-state index >= 15 is 0 Å². The molecular formula is C18H20ClN3O3S. The fraction of sp³-hybridized carbons (Fsp3) is 0.444. The van der Waals surface area contributed by atoms with Crippen molar-refractivity contribution in [1.29, 1.82) is 0 Å². The molecule has 1 aromatic carbocycles. The molecule has 4 rings (SSSR count). The van der Waals surface area contributed by atoms with E-state index in [1.54, 1.807) is 7.11 Å². The van der Waals surface area contributed by atoms with E-state index in [2.05, 4.69) is 10.2 Å². The fourth-order valence-corrected chi connectivity index (χ4v) is 4.69. The number of ether oxygens (including phenoxy) is 2. The van der Waals surface area contributed by atoms with Crippen molar-refractivity contribution in [2.45, 2.75) is 12.3 Å². The minimum atomic E-state index is -0.0487. The van der Waals surface area contributed by atoms with E-state index in [-0.39, 0.29) is 11.8 Å². The quantitative estimate of drug-likeness (QED) is 0.868. The third kappa shape index (κ3) is 3.26. The highest BCUT2D eigenvalue weighted by Crippen LogP contribution is 2.41. The van der Waals surface area contributed by atoms with Crippen molar-refractivity contribution in [2.75, 3.05) is 44.9 Å². The summed E-state index contributed by atoms with van der Waals surface area (Å²) in [4.78, 5) is 20.3. The molecule has 1 fully saturated rings. The number of morpholine rings is 1. The molecule has 0 spiro atoms. The van der Waals surface area contributed by atoms with Crippen LogP contribution in [-0.2, 0) is 4.74 Å². The highest BCUT2D eigenvalue weighted by atomic mass is 35.5. The smallest absolute Gasteiger partial charge is 0.263 e. The van der Waals surface area contributed by atoms with Gasteiger partial charge in [-0.2, -0.15) is 0 Å². The maximum Gasteiger partial charge on any atom is 0.263 e. The second-order valence-corrected chi connectivity index (χ2v) is 7.71. The molecule has 8 heteroatoms. The molecule has 2 aliphatic heterocycles. The van der Waals surface area contributed by atoms with E-state index in [1.807, 2.05) is 18.2 Å². The number of amides is 1. The number of anilines is 1. The molecule has 2 aliphatic rings. The molecule has 1 amide bonds. The molecule has 2 aromatic rings. The molecule has 0 aliphatic carbocycles. The standard InChI is InChI=1S/C18H20ClN3O3S/c1-24-14-10-11(19)2-3-12(14)13-4-5-20-17(23)16-15(13)21-18(26-16)22-6-8-25-9-7-22/h2-3,10,13H,4-9H2,1H3,(H,20,23). The van der Waals surface area contributed by atoms with Gasteiger partial charge in [-0.15, -0.1) is 0 Å². The molecule has 0 saturated carbocycles. The third-order valence-electron chi connectivity index (χ3n) is 4.75. The summed E-state index contributed by atoms with van der Waals surface area (Å²) in [5, 5.41) is 4.50. The van der Waals surface area contributed by atoms with Gasteiger partial charge in [-0.3, -0.25) is 4.79 Å². The Kier molecular flexibility index (Phi) is 5.02. The molecule has 1 atom stereocenters. The Bertz CT molecular complexity index is 820. The minimum absolute atomic E-state index is 0.0118. The lowest BCUT2D eigenvalue weighted by atomic mass is 9.91. The lowest BCUT2D eigenvalue weighted by Crippen LogP contribution is -2.36. The highest BCUT2D eigenvalue weighted by molar-refractivity contribution is 7.17. The summed E-state index contributed by atoms with van der Waals surface area (Å²) in [7, 11) is 1.64. The zero-order valence-corrected chi connectivity index (χ0v) is 16.0. The van der Waals surface area contributed by atoms with Crippen molar-refractivity contribution in [2.24, 2.45) is 0 Å². The van der Waals surface area contributed by atoms with Gasteiger partial charge in [0.05, 0.1) is 26.0 Å². The topological polar surface area (TPSA) is 63.7 Å². The predicted molar refractivity (Wildman–Crippen MR) is 102 cm³/mol. The average Bonchev–Trinajstić information content (AvgIpc) is 3.05. The fourth-order valence-electron chi connectivity index (χ4n) is 3.43. The molecule has 1 aromatic heterocycles. The molecule has 26 heavy (non-hydrogen) atoms. The van der Waals surface area contributed by atoms with Crippen LogP contribution in [0.3, 0.4) is 0 Å². The van der Waals surface area contributed by atoms with Crippen molar-refractivity contribution in [1.82, 2.24) is 10.3 Å². The minimum Gasteiger partial charge on any atom is -0.496 e.